The molecule has 0 bridgehead atoms. The van der Waals surface area contributed by atoms with Crippen LogP contribution < -0.4 is 10.8 Å². The Morgan fingerprint density at radius 3 is 1.17 bits per heavy atom. The molecule has 0 aliphatic heterocycles. The molecule has 0 saturated carbocycles. The lowest BCUT2D eigenvalue weighted by atomic mass is 10.1. The third-order valence-corrected chi connectivity index (χ3v) is 4.32. The van der Waals surface area contributed by atoms with E-state index in [2.05, 4.69) is 27.7 Å². The summed E-state index contributed by atoms with van der Waals surface area (Å²) in [5.41, 5.74) is 4.77. The highest BCUT2D eigenvalue weighted by atomic mass is 16.4. The van der Waals surface area contributed by atoms with Crippen LogP contribution in [-0.2, 0) is 4.79 Å². The van der Waals surface area contributed by atoms with Crippen molar-refractivity contribution in [3.05, 3.63) is 0 Å². The van der Waals surface area contributed by atoms with Gasteiger partial charge in [0, 0.05) is 6.04 Å². The highest BCUT2D eigenvalue weighted by molar-refractivity contribution is 5.70. The fourth-order valence-corrected chi connectivity index (χ4v) is 2.64. The summed E-state index contributed by atoms with van der Waals surface area (Å²) in [6.07, 6.45) is 11.1. The van der Waals surface area contributed by atoms with Gasteiger partial charge in [-0.25, -0.2) is 0 Å². The van der Waals surface area contributed by atoms with Crippen molar-refractivity contribution in [1.82, 2.24) is 0 Å². The largest absolute Gasteiger partial charge is 0.548 e. The van der Waals surface area contributed by atoms with Gasteiger partial charge >= 0.3 is 0 Å². The number of hydrogen-bond acceptors (Lipinski definition) is 3. The Balaban J connectivity index is 0. The number of carbonyl (C=O) groups excluding carboxylic acids is 1. The van der Waals surface area contributed by atoms with Gasteiger partial charge in [0.05, 0.1) is 32.1 Å². The lowest BCUT2D eigenvalue weighted by molar-refractivity contribution is -0.929. The molecule has 0 amide bonds. The lowest BCUT2D eigenvalue weighted by Crippen LogP contribution is -2.50. The van der Waals surface area contributed by atoms with Gasteiger partial charge in [-0.3, -0.25) is 0 Å². The molecule has 1 unspecified atom stereocenters. The van der Waals surface area contributed by atoms with Crippen LogP contribution in [0, 0.1) is 0 Å². The standard InChI is InChI=1S/C16H36N.C3H7NO2/c1-5-9-13-17(14-10-6-2,15-11-7-3)16-12-8-4;1-2(4)3(5)6/h5-16H2,1-4H3;2H,4H2,1H3,(H,5,6)/q+1;/p-1. The van der Waals surface area contributed by atoms with Gasteiger partial charge in [-0.05, 0) is 32.6 Å². The summed E-state index contributed by atoms with van der Waals surface area (Å²) in [4.78, 5) is 9.46. The average Bonchev–Trinajstić information content (AvgIpc) is 2.54. The Labute approximate surface area is 145 Å². The molecule has 140 valence electrons. The quantitative estimate of drug-likeness (QED) is 0.528. The van der Waals surface area contributed by atoms with Crippen molar-refractivity contribution in [2.45, 2.75) is 92.0 Å². The molecule has 0 fully saturated rings. The van der Waals surface area contributed by atoms with Crippen molar-refractivity contribution in [1.29, 1.82) is 0 Å². The zero-order chi connectivity index (χ0) is 18.1. The summed E-state index contributed by atoms with van der Waals surface area (Å²) in [7, 11) is 0. The number of aliphatic carboxylic acids is 1. The van der Waals surface area contributed by atoms with E-state index in [9.17, 15) is 9.90 Å². The first-order chi connectivity index (χ1) is 10.9. The maximum absolute atomic E-state index is 9.46. The topological polar surface area (TPSA) is 66.2 Å². The van der Waals surface area contributed by atoms with Crippen LogP contribution in [0.25, 0.3) is 0 Å². The first-order valence-electron chi connectivity index (χ1n) is 9.70. The monoisotopic (exact) mass is 330 g/mol. The number of carboxylic acids is 1. The lowest BCUT2D eigenvalue weighted by Gasteiger charge is -2.39. The fourth-order valence-electron chi connectivity index (χ4n) is 2.64. The number of carboxylic acid groups (broad SMARTS) is 1. The molecule has 0 aliphatic rings. The second-order valence-electron chi connectivity index (χ2n) is 6.76. The Bertz CT molecular complexity index is 231. The second-order valence-corrected chi connectivity index (χ2v) is 6.76. The SMILES string of the molecule is CC(N)C(=O)[O-].CCCC[N+](CCCC)(CCCC)CCCC. The van der Waals surface area contributed by atoms with Gasteiger partial charge < -0.3 is 20.1 Å². The summed E-state index contributed by atoms with van der Waals surface area (Å²) in [5.74, 6) is -1.21. The molecule has 4 nitrogen and oxygen atoms in total. The van der Waals surface area contributed by atoms with Crippen LogP contribution in [-0.4, -0.2) is 42.7 Å². The average molecular weight is 331 g/mol. The molecular weight excluding hydrogens is 288 g/mol. The van der Waals surface area contributed by atoms with E-state index in [1.807, 2.05) is 0 Å². The van der Waals surface area contributed by atoms with Gasteiger partial charge in [0.2, 0.25) is 0 Å². The molecule has 0 saturated heterocycles. The summed E-state index contributed by atoms with van der Waals surface area (Å²) < 4.78 is 1.42. The van der Waals surface area contributed by atoms with Crippen LogP contribution in [0.3, 0.4) is 0 Å². The van der Waals surface area contributed by atoms with E-state index in [1.54, 1.807) is 0 Å². The van der Waals surface area contributed by atoms with Crippen LogP contribution in [0.2, 0.25) is 0 Å². The van der Waals surface area contributed by atoms with E-state index in [1.165, 1.54) is 89.0 Å². The molecule has 1 atom stereocenters. The van der Waals surface area contributed by atoms with Crippen LogP contribution >= 0.6 is 0 Å². The molecule has 0 aromatic carbocycles. The van der Waals surface area contributed by atoms with Gasteiger partial charge in [-0.1, -0.05) is 53.4 Å². The van der Waals surface area contributed by atoms with Crippen molar-refractivity contribution in [3.8, 4) is 0 Å². The summed E-state index contributed by atoms with van der Waals surface area (Å²) in [6, 6.07) is -0.843. The maximum atomic E-state index is 9.46. The number of nitrogens with two attached hydrogens (primary N) is 1. The summed E-state index contributed by atoms with van der Waals surface area (Å²) in [6.45, 7) is 16.4. The molecule has 0 aromatic rings. The molecule has 0 spiro atoms. The number of rotatable bonds is 13. The number of unbranched alkanes of at least 4 members (excludes halogenated alkanes) is 4. The Kier molecular flexibility index (Phi) is 17.4. The van der Waals surface area contributed by atoms with E-state index in [-0.39, 0.29) is 0 Å². The molecule has 0 rings (SSSR count). The zero-order valence-electron chi connectivity index (χ0n) is 16.4. The van der Waals surface area contributed by atoms with E-state index in [4.69, 9.17) is 5.73 Å². The van der Waals surface area contributed by atoms with E-state index >= 15 is 0 Å². The molecule has 0 heterocycles. The van der Waals surface area contributed by atoms with Gasteiger partial charge in [-0.15, -0.1) is 0 Å². The first kappa shape index (κ1) is 24.6. The van der Waals surface area contributed by atoms with Crippen LogP contribution in [0.1, 0.15) is 86.0 Å². The number of nitrogens with zero attached hydrogens (tertiary/aromatic N) is 1. The highest BCUT2D eigenvalue weighted by Crippen LogP contribution is 2.16. The Hall–Kier alpha value is -0.610. The minimum atomic E-state index is -1.21. The van der Waals surface area contributed by atoms with Crippen molar-refractivity contribution >= 4 is 5.97 Å². The highest BCUT2D eigenvalue weighted by Gasteiger charge is 2.24. The molecule has 0 radical (unpaired) electrons. The van der Waals surface area contributed by atoms with Gasteiger partial charge in [0.15, 0.2) is 0 Å². The van der Waals surface area contributed by atoms with Gasteiger partial charge in [0.25, 0.3) is 0 Å². The third-order valence-electron chi connectivity index (χ3n) is 4.32. The van der Waals surface area contributed by atoms with Crippen molar-refractivity contribution in [2.24, 2.45) is 5.73 Å². The van der Waals surface area contributed by atoms with Crippen molar-refractivity contribution in [2.75, 3.05) is 26.2 Å². The third kappa shape index (κ3) is 14.7. The Morgan fingerprint density at radius 2 is 1.04 bits per heavy atom. The zero-order valence-corrected chi connectivity index (χ0v) is 16.4. The van der Waals surface area contributed by atoms with Gasteiger partial charge in [0.1, 0.15) is 0 Å². The summed E-state index contributed by atoms with van der Waals surface area (Å²) >= 11 is 0. The van der Waals surface area contributed by atoms with Crippen molar-refractivity contribution in [3.63, 3.8) is 0 Å². The van der Waals surface area contributed by atoms with E-state index < -0.39 is 12.0 Å². The van der Waals surface area contributed by atoms with Crippen LogP contribution in [0.15, 0.2) is 0 Å². The smallest absolute Gasteiger partial charge is 0.0786 e. The van der Waals surface area contributed by atoms with E-state index in [0.717, 1.165) is 0 Å². The normalized spacial score (nSPS) is 12.4. The first-order valence-corrected chi connectivity index (χ1v) is 9.70. The van der Waals surface area contributed by atoms with E-state index in [0.29, 0.717) is 0 Å². The van der Waals surface area contributed by atoms with Crippen LogP contribution in [0.5, 0.6) is 0 Å². The number of hydrogen-bond donors (Lipinski definition) is 1. The number of quaternary nitrogens is 1. The molecule has 23 heavy (non-hydrogen) atoms. The minimum Gasteiger partial charge on any atom is -0.548 e. The molecular formula is C19H42N2O2. The van der Waals surface area contributed by atoms with Crippen LogP contribution in [0.4, 0.5) is 0 Å². The second kappa shape index (κ2) is 16.3. The molecule has 2 N–H and O–H groups in total. The molecule has 0 aliphatic carbocycles. The molecule has 4 heteroatoms. The predicted octanol–water partition coefficient (Wildman–Crippen LogP) is 3.09. The Morgan fingerprint density at radius 1 is 0.826 bits per heavy atom. The summed E-state index contributed by atoms with van der Waals surface area (Å²) in [5, 5.41) is 9.46. The predicted molar refractivity (Wildman–Crippen MR) is 98.0 cm³/mol. The number of carbonyl (C=O) groups is 1. The maximum Gasteiger partial charge on any atom is 0.0786 e. The minimum absolute atomic E-state index is 0.843. The van der Waals surface area contributed by atoms with Gasteiger partial charge in [-0.2, -0.15) is 0 Å². The fraction of sp³-hybridized carbons (Fsp3) is 0.947. The van der Waals surface area contributed by atoms with Crippen molar-refractivity contribution < 1.29 is 14.4 Å². The molecule has 0 aromatic heterocycles.